The van der Waals surface area contributed by atoms with Crippen molar-refractivity contribution < 1.29 is 27.9 Å². The molecule has 0 aliphatic rings. The number of alkyl halides is 3. The number of carboxylic acid groups (broad SMARTS) is 1. The summed E-state index contributed by atoms with van der Waals surface area (Å²) in [5.41, 5.74) is 3.53. The Balaban J connectivity index is 3.07. The lowest BCUT2D eigenvalue weighted by Gasteiger charge is -2.14. The highest BCUT2D eigenvalue weighted by molar-refractivity contribution is 6.00. The van der Waals surface area contributed by atoms with Crippen LogP contribution in [0.5, 0.6) is 0 Å². The molecular weight excluding hydrogens is 289 g/mol. The summed E-state index contributed by atoms with van der Waals surface area (Å²) in [6.07, 6.45) is -4.63. The molecule has 5 nitrogen and oxygen atoms in total. The van der Waals surface area contributed by atoms with Crippen molar-refractivity contribution in [2.45, 2.75) is 19.5 Å². The highest BCUT2D eigenvalue weighted by Gasteiger charge is 2.31. The summed E-state index contributed by atoms with van der Waals surface area (Å²) in [5, 5.41) is 11.1. The summed E-state index contributed by atoms with van der Waals surface area (Å²) >= 11 is 0. The molecule has 8 heteroatoms. The van der Waals surface area contributed by atoms with Gasteiger partial charge in [-0.3, -0.25) is 4.79 Å². The SMILES string of the molecule is CC(CN)CC(=O)Nc1cc(C(F)(F)F)ccc1C(=O)O. The zero-order valence-corrected chi connectivity index (χ0v) is 11.2. The molecule has 0 aliphatic heterocycles. The van der Waals surface area contributed by atoms with E-state index in [9.17, 15) is 22.8 Å². The van der Waals surface area contributed by atoms with Crippen LogP contribution in [0.2, 0.25) is 0 Å². The Morgan fingerprint density at radius 3 is 2.48 bits per heavy atom. The van der Waals surface area contributed by atoms with Gasteiger partial charge < -0.3 is 16.2 Å². The van der Waals surface area contributed by atoms with Gasteiger partial charge in [0, 0.05) is 6.42 Å². The number of carbonyl (C=O) groups is 2. The van der Waals surface area contributed by atoms with Crippen LogP contribution in [0, 0.1) is 5.92 Å². The first-order valence-corrected chi connectivity index (χ1v) is 6.09. The average molecular weight is 304 g/mol. The summed E-state index contributed by atoms with van der Waals surface area (Å²) < 4.78 is 37.9. The number of rotatable bonds is 5. The minimum Gasteiger partial charge on any atom is -0.478 e. The molecule has 21 heavy (non-hydrogen) atoms. The van der Waals surface area contributed by atoms with Crippen LogP contribution in [0.3, 0.4) is 0 Å². The van der Waals surface area contributed by atoms with E-state index in [1.165, 1.54) is 0 Å². The molecule has 0 radical (unpaired) electrons. The van der Waals surface area contributed by atoms with Crippen LogP contribution >= 0.6 is 0 Å². The van der Waals surface area contributed by atoms with E-state index in [0.717, 1.165) is 6.07 Å². The monoisotopic (exact) mass is 304 g/mol. The van der Waals surface area contributed by atoms with Crippen molar-refractivity contribution in [1.29, 1.82) is 0 Å². The van der Waals surface area contributed by atoms with Gasteiger partial charge in [0.05, 0.1) is 16.8 Å². The Kier molecular flexibility index (Phi) is 5.31. The van der Waals surface area contributed by atoms with E-state index in [1.807, 2.05) is 0 Å². The lowest BCUT2D eigenvalue weighted by Crippen LogP contribution is -2.21. The second-order valence-electron chi connectivity index (χ2n) is 4.66. The van der Waals surface area contributed by atoms with Crippen molar-refractivity contribution in [1.82, 2.24) is 0 Å². The summed E-state index contributed by atoms with van der Waals surface area (Å²) in [6, 6.07) is 2.07. The fourth-order valence-corrected chi connectivity index (χ4v) is 1.61. The molecule has 1 rings (SSSR count). The van der Waals surface area contributed by atoms with Gasteiger partial charge in [0.25, 0.3) is 0 Å². The van der Waals surface area contributed by atoms with Gasteiger partial charge in [0.15, 0.2) is 0 Å². The largest absolute Gasteiger partial charge is 0.478 e. The summed E-state index contributed by atoms with van der Waals surface area (Å²) in [6.45, 7) is 1.94. The van der Waals surface area contributed by atoms with Crippen molar-refractivity contribution in [3.05, 3.63) is 29.3 Å². The molecule has 0 saturated heterocycles. The van der Waals surface area contributed by atoms with Gasteiger partial charge in [0.1, 0.15) is 0 Å². The number of hydrogen-bond acceptors (Lipinski definition) is 3. The maximum Gasteiger partial charge on any atom is 0.416 e. The molecule has 0 saturated carbocycles. The number of benzene rings is 1. The van der Waals surface area contributed by atoms with Gasteiger partial charge >= 0.3 is 12.1 Å². The molecule has 4 N–H and O–H groups in total. The van der Waals surface area contributed by atoms with E-state index in [2.05, 4.69) is 5.32 Å². The third-order valence-corrected chi connectivity index (χ3v) is 2.79. The minimum atomic E-state index is -4.62. The Hall–Kier alpha value is -2.09. The van der Waals surface area contributed by atoms with Crippen LogP contribution < -0.4 is 11.1 Å². The number of amides is 1. The quantitative estimate of drug-likeness (QED) is 0.778. The number of nitrogens with two attached hydrogens (primary N) is 1. The topological polar surface area (TPSA) is 92.4 Å². The summed E-state index contributed by atoms with van der Waals surface area (Å²) in [7, 11) is 0. The van der Waals surface area contributed by atoms with E-state index < -0.39 is 29.2 Å². The van der Waals surface area contributed by atoms with Gasteiger partial charge in [-0.1, -0.05) is 6.92 Å². The molecule has 0 aliphatic carbocycles. The number of aromatic carboxylic acids is 1. The zero-order chi connectivity index (χ0) is 16.2. The molecule has 0 fully saturated rings. The molecule has 0 heterocycles. The Labute approximate surface area is 118 Å². The minimum absolute atomic E-state index is 0.00813. The Morgan fingerprint density at radius 2 is 2.00 bits per heavy atom. The predicted octanol–water partition coefficient (Wildman–Crippen LogP) is 2.33. The third-order valence-electron chi connectivity index (χ3n) is 2.79. The van der Waals surface area contributed by atoms with Crippen LogP contribution in [0.1, 0.15) is 29.3 Å². The highest BCUT2D eigenvalue weighted by Crippen LogP contribution is 2.32. The van der Waals surface area contributed by atoms with Crippen LogP contribution in [0.25, 0.3) is 0 Å². The molecule has 1 aromatic carbocycles. The first kappa shape index (κ1) is 17.0. The van der Waals surface area contributed by atoms with Crippen LogP contribution in [0.4, 0.5) is 18.9 Å². The van der Waals surface area contributed by atoms with E-state index in [0.29, 0.717) is 12.1 Å². The number of anilines is 1. The van der Waals surface area contributed by atoms with Crippen molar-refractivity contribution in [3.8, 4) is 0 Å². The van der Waals surface area contributed by atoms with Crippen molar-refractivity contribution in [2.24, 2.45) is 11.7 Å². The van der Waals surface area contributed by atoms with Gasteiger partial charge in [-0.2, -0.15) is 13.2 Å². The van der Waals surface area contributed by atoms with Gasteiger partial charge in [0.2, 0.25) is 5.91 Å². The van der Waals surface area contributed by atoms with Crippen molar-refractivity contribution >= 4 is 17.6 Å². The van der Waals surface area contributed by atoms with E-state index in [1.54, 1.807) is 6.92 Å². The van der Waals surface area contributed by atoms with Crippen LogP contribution in [0.15, 0.2) is 18.2 Å². The van der Waals surface area contributed by atoms with Gasteiger partial charge in [-0.25, -0.2) is 4.79 Å². The maximum atomic E-state index is 12.6. The summed E-state index contributed by atoms with van der Waals surface area (Å²) in [5.74, 6) is -2.18. The van der Waals surface area contributed by atoms with E-state index in [-0.39, 0.29) is 24.6 Å². The summed E-state index contributed by atoms with van der Waals surface area (Å²) in [4.78, 5) is 22.7. The number of carboxylic acids is 1. The zero-order valence-electron chi connectivity index (χ0n) is 11.2. The predicted molar refractivity (Wildman–Crippen MR) is 69.9 cm³/mol. The first-order chi connectivity index (χ1) is 9.65. The fourth-order valence-electron chi connectivity index (χ4n) is 1.61. The van der Waals surface area contributed by atoms with E-state index >= 15 is 0 Å². The van der Waals surface area contributed by atoms with Crippen molar-refractivity contribution in [2.75, 3.05) is 11.9 Å². The lowest BCUT2D eigenvalue weighted by atomic mass is 10.1. The molecule has 0 aromatic heterocycles. The van der Waals surface area contributed by atoms with Gasteiger partial charge in [-0.15, -0.1) is 0 Å². The smallest absolute Gasteiger partial charge is 0.416 e. The number of halogens is 3. The first-order valence-electron chi connectivity index (χ1n) is 6.09. The molecular formula is C13H15F3N2O3. The number of hydrogen-bond donors (Lipinski definition) is 3. The second kappa shape index (κ2) is 6.57. The molecule has 116 valence electrons. The second-order valence-corrected chi connectivity index (χ2v) is 4.66. The van der Waals surface area contributed by atoms with Crippen LogP contribution in [-0.2, 0) is 11.0 Å². The molecule has 1 atom stereocenters. The molecule has 1 aromatic rings. The molecule has 1 amide bonds. The maximum absolute atomic E-state index is 12.6. The average Bonchev–Trinajstić information content (AvgIpc) is 2.36. The van der Waals surface area contributed by atoms with Crippen LogP contribution in [-0.4, -0.2) is 23.5 Å². The highest BCUT2D eigenvalue weighted by atomic mass is 19.4. The third kappa shape index (κ3) is 4.75. The normalized spacial score (nSPS) is 12.8. The standard InChI is InChI=1S/C13H15F3N2O3/c1-7(6-17)4-11(19)18-10-5-8(13(14,15)16)2-3-9(10)12(20)21/h2-3,5,7H,4,6,17H2,1H3,(H,18,19)(H,20,21). The Morgan fingerprint density at radius 1 is 1.38 bits per heavy atom. The molecule has 0 spiro atoms. The molecule has 0 bridgehead atoms. The van der Waals surface area contributed by atoms with Crippen molar-refractivity contribution in [3.63, 3.8) is 0 Å². The fraction of sp³-hybridized carbons (Fsp3) is 0.385. The Bertz CT molecular complexity index is 544. The molecule has 1 unspecified atom stereocenters. The lowest BCUT2D eigenvalue weighted by molar-refractivity contribution is -0.137. The number of carbonyl (C=O) groups excluding carboxylic acids is 1. The van der Waals surface area contributed by atoms with Gasteiger partial charge in [-0.05, 0) is 30.7 Å². The van der Waals surface area contributed by atoms with E-state index in [4.69, 9.17) is 10.8 Å². The number of nitrogens with one attached hydrogen (secondary N) is 1.